The number of nitrogens with one attached hydrogen (secondary N) is 1. The molecule has 65 valence electrons. The molecule has 1 aromatic rings. The molecule has 1 radical (unpaired) electrons. The van der Waals surface area contributed by atoms with Gasteiger partial charge in [-0.2, -0.15) is 0 Å². The lowest BCUT2D eigenvalue weighted by molar-refractivity contribution is 0.170. The molecule has 12 heavy (non-hydrogen) atoms. The van der Waals surface area contributed by atoms with Crippen LogP contribution in [0.15, 0.2) is 5.16 Å². The number of carbonyl (C=O) groups is 1. The Morgan fingerprint density at radius 1 is 1.75 bits per heavy atom. The summed E-state index contributed by atoms with van der Waals surface area (Å²) in [5.41, 5.74) is 0. The smallest absolute Gasteiger partial charge is 0.309 e. The van der Waals surface area contributed by atoms with Crippen LogP contribution in [0.3, 0.4) is 0 Å². The number of amides is 1. The van der Waals surface area contributed by atoms with Gasteiger partial charge in [-0.3, -0.25) is 0 Å². The van der Waals surface area contributed by atoms with Crippen molar-refractivity contribution in [2.24, 2.45) is 7.05 Å². The Labute approximate surface area is 72.1 Å². The zero-order valence-corrected chi connectivity index (χ0v) is 7.04. The van der Waals surface area contributed by atoms with Crippen molar-refractivity contribution < 1.29 is 9.90 Å². The van der Waals surface area contributed by atoms with E-state index in [1.54, 1.807) is 7.05 Å². The molecule has 0 saturated carbocycles. The summed E-state index contributed by atoms with van der Waals surface area (Å²) in [5, 5.41) is 23.1. The van der Waals surface area contributed by atoms with Gasteiger partial charge in [0.2, 0.25) is 5.16 Å². The third kappa shape index (κ3) is 2.38. The highest BCUT2D eigenvalue weighted by atomic mass is 32.2. The van der Waals surface area contributed by atoms with Crippen LogP contribution in [0.25, 0.3) is 0 Å². The van der Waals surface area contributed by atoms with E-state index in [2.05, 4.69) is 20.8 Å². The molecule has 0 aliphatic rings. The Morgan fingerprint density at radius 3 is 3.00 bits per heavy atom. The van der Waals surface area contributed by atoms with Gasteiger partial charge in [0.05, 0.1) is 5.88 Å². The van der Waals surface area contributed by atoms with Crippen LogP contribution >= 0.6 is 11.8 Å². The van der Waals surface area contributed by atoms with E-state index in [1.807, 2.05) is 0 Å². The van der Waals surface area contributed by atoms with Crippen LogP contribution in [-0.2, 0) is 12.2 Å². The molecule has 0 fully saturated rings. The number of tetrazole rings is 1. The first-order chi connectivity index (χ1) is 5.70. The number of rotatable bonds is 3. The molecule has 0 aliphatic carbocycles. The quantitative estimate of drug-likeness (QED) is 0.505. The minimum atomic E-state index is -1.31. The minimum absolute atomic E-state index is 0.177. The van der Waals surface area contributed by atoms with Crippen molar-refractivity contribution in [1.29, 1.82) is 0 Å². The number of aryl methyl sites for hydroxylation is 1. The van der Waals surface area contributed by atoms with Crippen molar-refractivity contribution in [2.75, 3.05) is 5.88 Å². The molecule has 0 spiro atoms. The van der Waals surface area contributed by atoms with E-state index >= 15 is 0 Å². The Hall–Kier alpha value is -1.31. The van der Waals surface area contributed by atoms with Gasteiger partial charge in [0.1, 0.15) is 0 Å². The number of carbonyl (C=O) groups excluding carboxylic acids is 1. The van der Waals surface area contributed by atoms with Crippen molar-refractivity contribution in [1.82, 2.24) is 25.5 Å². The van der Waals surface area contributed by atoms with Gasteiger partial charge < -0.3 is 5.32 Å². The lowest BCUT2D eigenvalue weighted by Gasteiger charge is -1.96. The maximum Gasteiger partial charge on any atom is 0.451 e. The van der Waals surface area contributed by atoms with Crippen molar-refractivity contribution in [3.63, 3.8) is 0 Å². The van der Waals surface area contributed by atoms with Crippen LogP contribution in [0, 0.1) is 0 Å². The van der Waals surface area contributed by atoms with Crippen LogP contribution in [0.2, 0.25) is 0 Å². The standard InChI is InChI=1S/C4H6N5O2S/c1-9-3(6-7-8-9)12-2-5-4(10)11/h5H,2H2,1H3. The summed E-state index contributed by atoms with van der Waals surface area (Å²) in [4.78, 5) is 9.92. The minimum Gasteiger partial charge on any atom is -0.309 e. The third-order valence-electron chi connectivity index (χ3n) is 0.999. The molecule has 1 rings (SSSR count). The van der Waals surface area contributed by atoms with Gasteiger partial charge in [-0.05, 0) is 10.4 Å². The molecule has 1 N–H and O–H groups in total. The molecule has 0 aliphatic heterocycles. The van der Waals surface area contributed by atoms with Crippen molar-refractivity contribution in [2.45, 2.75) is 5.16 Å². The van der Waals surface area contributed by atoms with Gasteiger partial charge >= 0.3 is 6.09 Å². The largest absolute Gasteiger partial charge is 0.451 e. The van der Waals surface area contributed by atoms with Crippen molar-refractivity contribution in [3.8, 4) is 0 Å². The fourth-order valence-corrected chi connectivity index (χ4v) is 1.14. The van der Waals surface area contributed by atoms with Crippen molar-refractivity contribution in [3.05, 3.63) is 0 Å². The summed E-state index contributed by atoms with van der Waals surface area (Å²) in [6.45, 7) is 0. The molecule has 7 nitrogen and oxygen atoms in total. The second-order valence-electron chi connectivity index (χ2n) is 1.84. The van der Waals surface area contributed by atoms with Gasteiger partial charge in [-0.1, -0.05) is 11.8 Å². The molecule has 1 aromatic heterocycles. The van der Waals surface area contributed by atoms with Crippen LogP contribution in [0.4, 0.5) is 4.79 Å². The molecule has 0 saturated heterocycles. The molecule has 0 aromatic carbocycles. The Morgan fingerprint density at radius 2 is 2.50 bits per heavy atom. The van der Waals surface area contributed by atoms with E-state index in [0.717, 1.165) is 0 Å². The normalized spacial score (nSPS) is 9.75. The summed E-state index contributed by atoms with van der Waals surface area (Å²) >= 11 is 1.18. The highest BCUT2D eigenvalue weighted by Crippen LogP contribution is 2.09. The molecule has 0 bridgehead atoms. The maximum absolute atomic E-state index is 9.92. The fraction of sp³-hybridized carbons (Fsp3) is 0.500. The van der Waals surface area contributed by atoms with E-state index in [9.17, 15) is 9.90 Å². The van der Waals surface area contributed by atoms with Gasteiger partial charge in [0.25, 0.3) is 0 Å². The second kappa shape index (κ2) is 3.90. The summed E-state index contributed by atoms with van der Waals surface area (Å²) in [7, 11) is 1.67. The third-order valence-corrected chi connectivity index (χ3v) is 1.89. The predicted octanol–water partition coefficient (Wildman–Crippen LogP) is -0.600. The summed E-state index contributed by atoms with van der Waals surface area (Å²) in [6.07, 6.45) is -1.31. The van der Waals surface area contributed by atoms with Crippen LogP contribution in [0.1, 0.15) is 0 Å². The average molecular weight is 188 g/mol. The Bertz CT molecular complexity index is 274. The predicted molar refractivity (Wildman–Crippen MR) is 38.7 cm³/mol. The van der Waals surface area contributed by atoms with E-state index in [-0.39, 0.29) is 5.88 Å². The molecular formula is C4H6N5O2S. The second-order valence-corrected chi connectivity index (χ2v) is 2.78. The van der Waals surface area contributed by atoms with Crippen LogP contribution < -0.4 is 5.32 Å². The number of thioether (sulfide) groups is 1. The maximum atomic E-state index is 9.92. The first-order valence-electron chi connectivity index (χ1n) is 3.00. The topological polar surface area (TPSA) is 92.6 Å². The Balaban J connectivity index is 2.33. The van der Waals surface area contributed by atoms with Crippen LogP contribution in [-0.4, -0.2) is 32.2 Å². The molecule has 1 amide bonds. The number of hydrogen-bond donors (Lipinski definition) is 1. The first-order valence-corrected chi connectivity index (χ1v) is 3.98. The summed E-state index contributed by atoms with van der Waals surface area (Å²) < 4.78 is 1.45. The zero-order chi connectivity index (χ0) is 8.97. The van der Waals surface area contributed by atoms with E-state index in [1.165, 1.54) is 16.4 Å². The van der Waals surface area contributed by atoms with Crippen LogP contribution in [0.5, 0.6) is 0 Å². The van der Waals surface area contributed by atoms with Gasteiger partial charge in [0, 0.05) is 7.05 Å². The highest BCUT2D eigenvalue weighted by Gasteiger charge is 2.03. The van der Waals surface area contributed by atoms with Gasteiger partial charge in [-0.15, -0.1) is 5.10 Å². The summed E-state index contributed by atoms with van der Waals surface area (Å²) in [5.74, 6) is 0.177. The molecule has 0 atom stereocenters. The number of hydrogen-bond acceptors (Lipinski definition) is 5. The van der Waals surface area contributed by atoms with Gasteiger partial charge in [-0.25, -0.2) is 14.6 Å². The first kappa shape index (κ1) is 8.78. The van der Waals surface area contributed by atoms with E-state index in [4.69, 9.17) is 0 Å². The SMILES string of the molecule is Cn1nnnc1SCNC([O])=O. The lowest BCUT2D eigenvalue weighted by atomic mass is 11.1. The van der Waals surface area contributed by atoms with Crippen molar-refractivity contribution >= 4 is 17.9 Å². The molecule has 8 heteroatoms. The zero-order valence-electron chi connectivity index (χ0n) is 6.22. The Kier molecular flexibility index (Phi) is 2.86. The molecular weight excluding hydrogens is 182 g/mol. The molecule has 1 heterocycles. The highest BCUT2D eigenvalue weighted by molar-refractivity contribution is 7.99. The molecule has 0 unspecified atom stereocenters. The van der Waals surface area contributed by atoms with Gasteiger partial charge in [0.15, 0.2) is 0 Å². The van der Waals surface area contributed by atoms with E-state index in [0.29, 0.717) is 5.16 Å². The average Bonchev–Trinajstić information content (AvgIpc) is 2.36. The lowest BCUT2D eigenvalue weighted by Crippen LogP contribution is -2.18. The monoisotopic (exact) mass is 188 g/mol. The number of aromatic nitrogens is 4. The fourth-order valence-electron chi connectivity index (χ4n) is 0.503. The van der Waals surface area contributed by atoms with E-state index < -0.39 is 6.09 Å². The summed E-state index contributed by atoms with van der Waals surface area (Å²) in [6, 6.07) is 0. The number of nitrogens with zero attached hydrogens (tertiary/aromatic N) is 4.